The lowest BCUT2D eigenvalue weighted by Gasteiger charge is -2.16. The summed E-state index contributed by atoms with van der Waals surface area (Å²) in [6.07, 6.45) is 2.02. The van der Waals surface area contributed by atoms with Gasteiger partial charge in [0.25, 0.3) is 5.91 Å². The molecule has 1 atom stereocenters. The number of rotatable bonds is 9. The van der Waals surface area contributed by atoms with Gasteiger partial charge < -0.3 is 14.8 Å². The van der Waals surface area contributed by atoms with E-state index < -0.39 is 0 Å². The fraction of sp³-hybridized carbons (Fsp3) is 0.556. The van der Waals surface area contributed by atoms with E-state index in [2.05, 4.69) is 19.2 Å². The van der Waals surface area contributed by atoms with Crippen molar-refractivity contribution >= 4 is 11.7 Å². The maximum Gasteiger partial charge on any atom is 0.258 e. The number of methoxy groups -OCH3 is 1. The van der Waals surface area contributed by atoms with Gasteiger partial charge in [-0.05, 0) is 50.8 Å². The van der Waals surface area contributed by atoms with Crippen molar-refractivity contribution < 1.29 is 19.1 Å². The fourth-order valence-electron chi connectivity index (χ4n) is 2.12. The Labute approximate surface area is 138 Å². The maximum absolute atomic E-state index is 11.9. The number of amides is 1. The summed E-state index contributed by atoms with van der Waals surface area (Å²) in [4.78, 5) is 23.3. The average Bonchev–Trinajstić information content (AvgIpc) is 2.50. The van der Waals surface area contributed by atoms with E-state index in [1.54, 1.807) is 18.2 Å². The number of Topliss-reactive ketones (excluding diaryl/α,β-unsaturated/α-hetero) is 1. The lowest BCUT2D eigenvalue weighted by Crippen LogP contribution is -2.36. The first kappa shape index (κ1) is 19.0. The Balaban J connectivity index is 2.54. The quantitative estimate of drug-likeness (QED) is 0.709. The van der Waals surface area contributed by atoms with Gasteiger partial charge in [0.15, 0.2) is 23.9 Å². The molecule has 1 aromatic carbocycles. The second-order valence-electron chi connectivity index (χ2n) is 6.15. The van der Waals surface area contributed by atoms with E-state index in [9.17, 15) is 9.59 Å². The van der Waals surface area contributed by atoms with E-state index in [4.69, 9.17) is 9.47 Å². The average molecular weight is 321 g/mol. The van der Waals surface area contributed by atoms with Crippen LogP contribution in [0.5, 0.6) is 11.5 Å². The minimum atomic E-state index is -0.168. The van der Waals surface area contributed by atoms with E-state index in [0.717, 1.165) is 12.8 Å². The van der Waals surface area contributed by atoms with E-state index in [1.165, 1.54) is 14.0 Å². The lowest BCUT2D eigenvalue weighted by atomic mass is 10.0. The number of hydrogen-bond donors (Lipinski definition) is 1. The van der Waals surface area contributed by atoms with E-state index in [0.29, 0.717) is 23.0 Å². The van der Waals surface area contributed by atoms with Crippen LogP contribution >= 0.6 is 0 Å². The van der Waals surface area contributed by atoms with Gasteiger partial charge in [-0.3, -0.25) is 9.59 Å². The van der Waals surface area contributed by atoms with E-state index in [-0.39, 0.29) is 24.3 Å². The molecular formula is C18H27NO4. The number of ether oxygens (including phenoxy) is 2. The van der Waals surface area contributed by atoms with Crippen molar-refractivity contribution in [2.45, 2.75) is 46.6 Å². The van der Waals surface area contributed by atoms with Crippen LogP contribution in [-0.2, 0) is 4.79 Å². The highest BCUT2D eigenvalue weighted by Crippen LogP contribution is 2.28. The number of ketones is 1. The number of carbonyl (C=O) groups is 2. The SMILES string of the molecule is COc1cc(C(C)=O)ccc1OCC(=O)NC(C)CCC(C)C. The molecule has 0 spiro atoms. The molecule has 1 N–H and O–H groups in total. The molecule has 0 fully saturated rings. The lowest BCUT2D eigenvalue weighted by molar-refractivity contribution is -0.123. The first-order valence-corrected chi connectivity index (χ1v) is 7.94. The molecule has 0 saturated heterocycles. The third-order valence-corrected chi connectivity index (χ3v) is 3.51. The maximum atomic E-state index is 11.9. The molecule has 0 aliphatic rings. The Bertz CT molecular complexity index is 540. The fourth-order valence-corrected chi connectivity index (χ4v) is 2.12. The first-order valence-electron chi connectivity index (χ1n) is 7.94. The smallest absolute Gasteiger partial charge is 0.258 e. The predicted molar refractivity (Wildman–Crippen MR) is 90.2 cm³/mol. The van der Waals surface area contributed by atoms with Gasteiger partial charge in [-0.15, -0.1) is 0 Å². The number of benzene rings is 1. The van der Waals surface area contributed by atoms with Crippen molar-refractivity contribution in [2.75, 3.05) is 13.7 Å². The molecular weight excluding hydrogens is 294 g/mol. The minimum Gasteiger partial charge on any atom is -0.493 e. The second kappa shape index (κ2) is 9.18. The highest BCUT2D eigenvalue weighted by atomic mass is 16.5. The van der Waals surface area contributed by atoms with Crippen molar-refractivity contribution in [1.29, 1.82) is 0 Å². The molecule has 128 valence electrons. The van der Waals surface area contributed by atoms with Crippen molar-refractivity contribution in [3.05, 3.63) is 23.8 Å². The summed E-state index contributed by atoms with van der Waals surface area (Å²) in [6, 6.07) is 5.03. The number of carbonyl (C=O) groups excluding carboxylic acids is 2. The second-order valence-corrected chi connectivity index (χ2v) is 6.15. The van der Waals surface area contributed by atoms with Gasteiger partial charge in [0.2, 0.25) is 0 Å². The Hall–Kier alpha value is -2.04. The zero-order valence-electron chi connectivity index (χ0n) is 14.6. The first-order chi connectivity index (χ1) is 10.8. The van der Waals surface area contributed by atoms with Gasteiger partial charge in [0, 0.05) is 11.6 Å². The van der Waals surface area contributed by atoms with E-state index >= 15 is 0 Å². The van der Waals surface area contributed by atoms with Crippen LogP contribution in [0, 0.1) is 5.92 Å². The highest BCUT2D eigenvalue weighted by Gasteiger charge is 2.12. The molecule has 1 unspecified atom stereocenters. The minimum absolute atomic E-state index is 0.0495. The summed E-state index contributed by atoms with van der Waals surface area (Å²) in [7, 11) is 1.50. The van der Waals surface area contributed by atoms with Crippen molar-refractivity contribution in [3.8, 4) is 11.5 Å². The molecule has 0 radical (unpaired) electrons. The third kappa shape index (κ3) is 6.72. The molecule has 0 saturated carbocycles. The molecule has 5 heteroatoms. The highest BCUT2D eigenvalue weighted by molar-refractivity contribution is 5.94. The molecule has 0 bridgehead atoms. The summed E-state index contributed by atoms with van der Waals surface area (Å²) in [5.74, 6) is 1.29. The van der Waals surface area contributed by atoms with Crippen LogP contribution in [0.25, 0.3) is 0 Å². The number of hydrogen-bond acceptors (Lipinski definition) is 4. The number of nitrogens with one attached hydrogen (secondary N) is 1. The zero-order valence-corrected chi connectivity index (χ0v) is 14.6. The molecule has 0 aromatic heterocycles. The van der Waals surface area contributed by atoms with Crippen LogP contribution < -0.4 is 14.8 Å². The largest absolute Gasteiger partial charge is 0.493 e. The van der Waals surface area contributed by atoms with E-state index in [1.807, 2.05) is 6.92 Å². The molecule has 1 rings (SSSR count). The van der Waals surface area contributed by atoms with Crippen molar-refractivity contribution in [2.24, 2.45) is 5.92 Å². The van der Waals surface area contributed by atoms with Crippen LogP contribution in [0.4, 0.5) is 0 Å². The topological polar surface area (TPSA) is 64.6 Å². The van der Waals surface area contributed by atoms with Gasteiger partial charge in [0.1, 0.15) is 0 Å². The Morgan fingerprint density at radius 2 is 1.83 bits per heavy atom. The molecule has 1 aromatic rings. The zero-order chi connectivity index (χ0) is 17.4. The molecule has 0 aliphatic carbocycles. The van der Waals surface area contributed by atoms with Crippen molar-refractivity contribution in [1.82, 2.24) is 5.32 Å². The standard InChI is InChI=1S/C18H27NO4/c1-12(2)6-7-13(3)19-18(21)11-23-16-9-8-15(14(4)20)10-17(16)22-5/h8-10,12-13H,6-7,11H2,1-5H3,(H,19,21). The predicted octanol–water partition coefficient (Wildman–Crippen LogP) is 3.22. The van der Waals surface area contributed by atoms with Gasteiger partial charge >= 0.3 is 0 Å². The van der Waals surface area contributed by atoms with Crippen molar-refractivity contribution in [3.63, 3.8) is 0 Å². The summed E-state index contributed by atoms with van der Waals surface area (Å²) in [6.45, 7) is 7.72. The van der Waals surface area contributed by atoms with Gasteiger partial charge in [-0.1, -0.05) is 13.8 Å². The molecule has 0 heterocycles. The monoisotopic (exact) mass is 321 g/mol. The van der Waals surface area contributed by atoms with Gasteiger partial charge in [0.05, 0.1) is 7.11 Å². The van der Waals surface area contributed by atoms with Gasteiger partial charge in [-0.2, -0.15) is 0 Å². The molecule has 23 heavy (non-hydrogen) atoms. The van der Waals surface area contributed by atoms with Gasteiger partial charge in [-0.25, -0.2) is 0 Å². The van der Waals surface area contributed by atoms with Crippen LogP contribution in [0.3, 0.4) is 0 Å². The molecule has 1 amide bonds. The Kier molecular flexibility index (Phi) is 7.59. The normalized spacial score (nSPS) is 11.9. The summed E-state index contributed by atoms with van der Waals surface area (Å²) >= 11 is 0. The van der Waals surface area contributed by atoms with Crippen LogP contribution in [0.15, 0.2) is 18.2 Å². The summed E-state index contributed by atoms with van der Waals surface area (Å²) < 4.78 is 10.7. The molecule has 0 aliphatic heterocycles. The summed E-state index contributed by atoms with van der Waals surface area (Å²) in [5.41, 5.74) is 0.543. The molecule has 5 nitrogen and oxygen atoms in total. The van der Waals surface area contributed by atoms with Crippen LogP contribution in [0.1, 0.15) is 50.9 Å². The summed E-state index contributed by atoms with van der Waals surface area (Å²) in [5, 5.41) is 2.91. The van der Waals surface area contributed by atoms with Crippen LogP contribution in [-0.4, -0.2) is 31.4 Å². The Morgan fingerprint density at radius 1 is 1.13 bits per heavy atom. The Morgan fingerprint density at radius 3 is 2.39 bits per heavy atom. The third-order valence-electron chi connectivity index (χ3n) is 3.51. The van der Waals surface area contributed by atoms with Crippen LogP contribution in [0.2, 0.25) is 0 Å².